The summed E-state index contributed by atoms with van der Waals surface area (Å²) in [4.78, 5) is 27.0. The van der Waals surface area contributed by atoms with Crippen molar-refractivity contribution in [2.24, 2.45) is 7.05 Å². The van der Waals surface area contributed by atoms with Crippen molar-refractivity contribution in [2.45, 2.75) is 13.5 Å². The van der Waals surface area contributed by atoms with Crippen LogP contribution in [0.2, 0.25) is 0 Å². The molecule has 0 atom stereocenters. The van der Waals surface area contributed by atoms with Crippen molar-refractivity contribution < 1.29 is 26.8 Å². The topological polar surface area (TPSA) is 161 Å². The highest BCUT2D eigenvalue weighted by Crippen LogP contribution is 2.40. The number of amides is 1. The molecule has 3 aromatic carbocycles. The number of anilines is 1. The second-order valence-corrected chi connectivity index (χ2v) is 13.2. The van der Waals surface area contributed by atoms with Gasteiger partial charge in [0.05, 0.1) is 52.2 Å². The third-order valence-electron chi connectivity index (χ3n) is 8.23. The maximum atomic E-state index is 13.8. The van der Waals surface area contributed by atoms with Gasteiger partial charge in [-0.15, -0.1) is 0 Å². The Morgan fingerprint density at radius 2 is 1.84 bits per heavy atom. The minimum atomic E-state index is -3.83. The van der Waals surface area contributed by atoms with Crippen molar-refractivity contribution in [1.82, 2.24) is 19.7 Å². The Labute approximate surface area is 280 Å². The number of nitrogens with one attached hydrogen (secondary N) is 2. The van der Waals surface area contributed by atoms with Crippen LogP contribution in [0.5, 0.6) is 0 Å². The molecule has 0 aliphatic carbocycles. The van der Waals surface area contributed by atoms with E-state index in [1.807, 2.05) is 10.6 Å². The highest BCUT2D eigenvalue weighted by molar-refractivity contribution is 7.92. The van der Waals surface area contributed by atoms with E-state index in [0.717, 1.165) is 10.2 Å². The molecule has 12 nitrogen and oxygen atoms in total. The molecule has 1 amide bonds. The third kappa shape index (κ3) is 6.05. The molecule has 14 heteroatoms. The molecule has 0 saturated carbocycles. The van der Waals surface area contributed by atoms with E-state index in [9.17, 15) is 27.7 Å². The number of aryl methyl sites for hydroxylation is 1. The fraction of sp³-hybridized carbons (Fsp3) is 0.200. The van der Waals surface area contributed by atoms with Crippen LogP contribution in [0.25, 0.3) is 55.7 Å². The van der Waals surface area contributed by atoms with Gasteiger partial charge in [-0.05, 0) is 61.5 Å². The number of hydrogen-bond donors (Lipinski definition) is 2. The van der Waals surface area contributed by atoms with Crippen LogP contribution in [-0.2, 0) is 28.4 Å². The lowest BCUT2D eigenvalue weighted by Crippen LogP contribution is -2.23. The first-order valence-electron chi connectivity index (χ1n) is 15.2. The molecule has 49 heavy (non-hydrogen) atoms. The van der Waals surface area contributed by atoms with E-state index in [4.69, 9.17) is 9.15 Å². The van der Waals surface area contributed by atoms with E-state index >= 15 is 0 Å². The first kappa shape index (κ1) is 33.1. The Balaban J connectivity index is 1.66. The summed E-state index contributed by atoms with van der Waals surface area (Å²) in [6.45, 7) is 2.18. The Morgan fingerprint density at radius 1 is 1.08 bits per heavy atom. The molecule has 0 fully saturated rings. The monoisotopic (exact) mass is 682 g/mol. The number of methoxy groups -OCH3 is 1. The third-order valence-corrected chi connectivity index (χ3v) is 9.53. The second kappa shape index (κ2) is 13.0. The first-order valence-corrected chi connectivity index (χ1v) is 16.8. The number of ether oxygens (including phenoxy) is 1. The number of rotatable bonds is 10. The summed E-state index contributed by atoms with van der Waals surface area (Å²) in [5.41, 5.74) is 2.79. The molecule has 0 bridgehead atoms. The lowest BCUT2D eigenvalue weighted by atomic mass is 10.0. The van der Waals surface area contributed by atoms with Gasteiger partial charge in [-0.2, -0.15) is 10.4 Å². The van der Waals surface area contributed by atoms with Crippen LogP contribution in [-0.4, -0.2) is 55.2 Å². The van der Waals surface area contributed by atoms with E-state index in [-0.39, 0.29) is 45.2 Å². The smallest absolute Gasteiger partial charge is 0.275 e. The quantitative estimate of drug-likeness (QED) is 0.198. The van der Waals surface area contributed by atoms with Gasteiger partial charge in [-0.25, -0.2) is 17.5 Å². The van der Waals surface area contributed by atoms with E-state index in [1.165, 1.54) is 51.4 Å². The number of sulfonamides is 1. The average Bonchev–Trinajstić information content (AvgIpc) is 3.66. The van der Waals surface area contributed by atoms with E-state index in [1.54, 1.807) is 37.4 Å². The van der Waals surface area contributed by atoms with Gasteiger partial charge < -0.3 is 19.0 Å². The summed E-state index contributed by atoms with van der Waals surface area (Å²) in [6.07, 6.45) is 0. The zero-order valence-electron chi connectivity index (χ0n) is 27.0. The number of fused-ring (bicyclic) bond motifs is 2. The van der Waals surface area contributed by atoms with Crippen LogP contribution in [0.4, 0.5) is 10.1 Å². The maximum absolute atomic E-state index is 13.8. The molecule has 0 aliphatic heterocycles. The van der Waals surface area contributed by atoms with Crippen LogP contribution in [0, 0.1) is 17.1 Å². The number of nitriles is 1. The van der Waals surface area contributed by atoms with Crippen LogP contribution < -0.4 is 15.6 Å². The van der Waals surface area contributed by atoms with E-state index in [0.29, 0.717) is 40.7 Å². The standard InChI is InChI=1S/C35H31FN6O6S/c1-5-49(45,46)40-28-18-31-26(32(34(43)38-2)33(48-31)20-9-11-22(36)12-10-20)15-24(28)27-16-25(35(44)41(3)39-27)30-17-23-21(19-37)7-6-8-29(23)42(30)13-14-47-4/h6-12,15-18,40H,5,13-14H2,1-4H3,(H,38,43). The van der Waals surface area contributed by atoms with Crippen molar-refractivity contribution >= 4 is 43.5 Å². The summed E-state index contributed by atoms with van der Waals surface area (Å²) in [6, 6.07) is 19.3. The molecule has 3 aromatic heterocycles. The number of halogens is 1. The molecule has 0 saturated heterocycles. The van der Waals surface area contributed by atoms with Gasteiger partial charge in [0, 0.05) is 61.2 Å². The molecule has 3 heterocycles. The minimum absolute atomic E-state index is 0.0982. The molecule has 0 aliphatic rings. The predicted molar refractivity (Wildman–Crippen MR) is 184 cm³/mol. The number of aromatic nitrogens is 3. The second-order valence-electron chi connectivity index (χ2n) is 11.2. The lowest BCUT2D eigenvalue weighted by Gasteiger charge is -2.15. The SMILES string of the molecule is CCS(=O)(=O)Nc1cc2oc(-c3ccc(F)cc3)c(C(=O)NC)c2cc1-c1cc(-c2cc3c(C#N)cccc3n2CCOC)c(=O)n(C)n1. The Hall–Kier alpha value is -5.78. The normalized spacial score (nSPS) is 11.6. The molecule has 0 unspecified atom stereocenters. The zero-order chi connectivity index (χ0) is 35.0. The van der Waals surface area contributed by atoms with Gasteiger partial charge in [0.15, 0.2) is 0 Å². The Kier molecular flexibility index (Phi) is 8.81. The van der Waals surface area contributed by atoms with Crippen molar-refractivity contribution in [3.05, 3.63) is 94.0 Å². The van der Waals surface area contributed by atoms with Gasteiger partial charge in [0.2, 0.25) is 10.0 Å². The van der Waals surface area contributed by atoms with Gasteiger partial charge in [0.1, 0.15) is 17.2 Å². The van der Waals surface area contributed by atoms with E-state index < -0.39 is 27.3 Å². The minimum Gasteiger partial charge on any atom is -0.455 e. The number of benzene rings is 3. The van der Waals surface area contributed by atoms with Gasteiger partial charge in [-0.1, -0.05) is 6.07 Å². The molecular formula is C35H31FN6O6S. The van der Waals surface area contributed by atoms with Gasteiger partial charge in [-0.3, -0.25) is 14.3 Å². The van der Waals surface area contributed by atoms with Crippen LogP contribution in [0.1, 0.15) is 22.8 Å². The molecule has 0 spiro atoms. The van der Waals surface area contributed by atoms with Crippen molar-refractivity contribution in [3.8, 4) is 39.9 Å². The number of carbonyl (C=O) groups is 1. The maximum Gasteiger partial charge on any atom is 0.275 e. The molecular weight excluding hydrogens is 651 g/mol. The molecule has 0 radical (unpaired) electrons. The number of furan rings is 1. The lowest BCUT2D eigenvalue weighted by molar-refractivity contribution is 0.0964. The first-order chi connectivity index (χ1) is 23.5. The van der Waals surface area contributed by atoms with Crippen LogP contribution in [0.15, 0.2) is 75.9 Å². The molecule has 250 valence electrons. The predicted octanol–water partition coefficient (Wildman–Crippen LogP) is 5.26. The average molecular weight is 683 g/mol. The van der Waals surface area contributed by atoms with Crippen molar-refractivity contribution in [1.29, 1.82) is 5.26 Å². The Morgan fingerprint density at radius 3 is 2.51 bits per heavy atom. The summed E-state index contributed by atoms with van der Waals surface area (Å²) < 4.78 is 56.7. The van der Waals surface area contributed by atoms with Gasteiger partial charge in [0.25, 0.3) is 11.5 Å². The zero-order valence-corrected chi connectivity index (χ0v) is 27.8. The fourth-order valence-electron chi connectivity index (χ4n) is 5.79. The molecule has 2 N–H and O–H groups in total. The largest absolute Gasteiger partial charge is 0.455 e. The number of carbonyl (C=O) groups excluding carboxylic acids is 1. The molecule has 6 rings (SSSR count). The van der Waals surface area contributed by atoms with Gasteiger partial charge >= 0.3 is 0 Å². The molecule has 6 aromatic rings. The highest BCUT2D eigenvalue weighted by atomic mass is 32.2. The van der Waals surface area contributed by atoms with Crippen molar-refractivity contribution in [3.63, 3.8) is 0 Å². The summed E-state index contributed by atoms with van der Waals surface area (Å²) in [5.74, 6) is -1.04. The summed E-state index contributed by atoms with van der Waals surface area (Å²) >= 11 is 0. The Bertz CT molecular complexity index is 2480. The summed E-state index contributed by atoms with van der Waals surface area (Å²) in [5, 5.41) is 17.9. The van der Waals surface area contributed by atoms with Crippen molar-refractivity contribution in [2.75, 3.05) is 31.2 Å². The fourth-order valence-corrected chi connectivity index (χ4v) is 6.43. The van der Waals surface area contributed by atoms with Crippen LogP contribution >= 0.6 is 0 Å². The van der Waals surface area contributed by atoms with Crippen LogP contribution in [0.3, 0.4) is 0 Å². The number of hydrogen-bond acceptors (Lipinski definition) is 8. The van der Waals surface area contributed by atoms with E-state index in [2.05, 4.69) is 21.2 Å². The number of nitrogens with zero attached hydrogens (tertiary/aromatic N) is 4. The highest BCUT2D eigenvalue weighted by Gasteiger charge is 2.26. The summed E-state index contributed by atoms with van der Waals surface area (Å²) in [7, 11) is 0.670.